The summed E-state index contributed by atoms with van der Waals surface area (Å²) in [6.07, 6.45) is 2.07. The van der Waals surface area contributed by atoms with Crippen LogP contribution in [0.2, 0.25) is 0 Å². The maximum absolute atomic E-state index is 13.0. The number of aliphatic hydroxyl groups excluding tert-OH is 1. The summed E-state index contributed by atoms with van der Waals surface area (Å²) in [5.74, 6) is -0.257. The predicted octanol–water partition coefficient (Wildman–Crippen LogP) is 1.57. The molecular weight excluding hydrogens is 293 g/mol. The first-order chi connectivity index (χ1) is 11.1. The number of rotatable bonds is 4. The second kappa shape index (κ2) is 7.71. The van der Waals surface area contributed by atoms with Crippen LogP contribution in [0.25, 0.3) is 0 Å². The first-order valence-electron chi connectivity index (χ1n) is 8.70. The van der Waals surface area contributed by atoms with E-state index in [0.29, 0.717) is 12.6 Å². The molecule has 2 aliphatic heterocycles. The maximum atomic E-state index is 13.0. The monoisotopic (exact) mass is 321 g/mol. The van der Waals surface area contributed by atoms with Gasteiger partial charge in [0.25, 0.3) is 0 Å². The van der Waals surface area contributed by atoms with Crippen LogP contribution in [0.15, 0.2) is 24.3 Å². The van der Waals surface area contributed by atoms with Crippen LogP contribution in [-0.4, -0.2) is 78.7 Å². The van der Waals surface area contributed by atoms with Crippen LogP contribution < -0.4 is 0 Å². The number of piperazine rings is 1. The third-order valence-electron chi connectivity index (χ3n) is 5.21. The van der Waals surface area contributed by atoms with Crippen molar-refractivity contribution in [3.63, 3.8) is 0 Å². The van der Waals surface area contributed by atoms with E-state index in [1.807, 2.05) is 0 Å². The molecule has 0 bridgehead atoms. The van der Waals surface area contributed by atoms with E-state index in [4.69, 9.17) is 0 Å². The van der Waals surface area contributed by atoms with Gasteiger partial charge in [0, 0.05) is 45.3 Å². The van der Waals surface area contributed by atoms with E-state index in [0.717, 1.165) is 31.7 Å². The van der Waals surface area contributed by atoms with E-state index < -0.39 is 6.10 Å². The van der Waals surface area contributed by atoms with Crippen LogP contribution in [0.4, 0.5) is 4.39 Å². The fraction of sp³-hybridized carbons (Fsp3) is 0.667. The molecule has 0 aliphatic carbocycles. The van der Waals surface area contributed by atoms with Crippen LogP contribution >= 0.6 is 0 Å². The SMILES string of the molecule is CN1CCCC(N2CCN(CC(O)c3ccc(F)cc3)CC2)C1. The summed E-state index contributed by atoms with van der Waals surface area (Å²) in [5, 5.41) is 10.3. The number of benzene rings is 1. The molecule has 2 unspecified atom stereocenters. The molecule has 1 N–H and O–H groups in total. The standard InChI is InChI=1S/C18H28FN3O/c1-20-8-2-3-17(13-20)22-11-9-21(10-12-22)14-18(23)15-4-6-16(19)7-5-15/h4-7,17-18,23H,2-3,8-14H2,1H3. The molecule has 1 aromatic carbocycles. The summed E-state index contributed by atoms with van der Waals surface area (Å²) in [7, 11) is 2.21. The number of halogens is 1. The Morgan fingerprint density at radius 3 is 2.48 bits per heavy atom. The first-order valence-corrected chi connectivity index (χ1v) is 8.70. The molecule has 2 atom stereocenters. The van der Waals surface area contributed by atoms with Gasteiger partial charge >= 0.3 is 0 Å². The number of hydrogen-bond acceptors (Lipinski definition) is 4. The third kappa shape index (κ3) is 4.51. The number of β-amino-alcohol motifs (C(OH)–C–C–N with tert-alkyl or cyclic N) is 1. The highest BCUT2D eigenvalue weighted by atomic mass is 19.1. The van der Waals surface area contributed by atoms with Crippen LogP contribution in [0.5, 0.6) is 0 Å². The van der Waals surface area contributed by atoms with Crippen LogP contribution in [0.3, 0.4) is 0 Å². The highest BCUT2D eigenvalue weighted by molar-refractivity contribution is 5.18. The summed E-state index contributed by atoms with van der Waals surface area (Å²) in [6, 6.07) is 6.87. The van der Waals surface area contributed by atoms with E-state index in [2.05, 4.69) is 21.7 Å². The Morgan fingerprint density at radius 1 is 1.13 bits per heavy atom. The molecule has 0 saturated carbocycles. The van der Waals surface area contributed by atoms with E-state index >= 15 is 0 Å². The van der Waals surface area contributed by atoms with Gasteiger partial charge in [0.2, 0.25) is 0 Å². The lowest BCUT2D eigenvalue weighted by molar-refractivity contribution is 0.0371. The van der Waals surface area contributed by atoms with Crippen LogP contribution in [0.1, 0.15) is 24.5 Å². The van der Waals surface area contributed by atoms with Crippen LogP contribution in [0, 0.1) is 5.82 Å². The van der Waals surface area contributed by atoms with Crippen molar-refractivity contribution < 1.29 is 9.50 Å². The quantitative estimate of drug-likeness (QED) is 0.912. The lowest BCUT2D eigenvalue weighted by Crippen LogP contribution is -2.54. The molecule has 2 heterocycles. The van der Waals surface area contributed by atoms with Gasteiger partial charge in [-0.3, -0.25) is 9.80 Å². The van der Waals surface area contributed by atoms with Crippen molar-refractivity contribution >= 4 is 0 Å². The highest BCUT2D eigenvalue weighted by Crippen LogP contribution is 2.19. The summed E-state index contributed by atoms with van der Waals surface area (Å²) in [6.45, 7) is 7.18. The van der Waals surface area contributed by atoms with E-state index in [9.17, 15) is 9.50 Å². The van der Waals surface area contributed by atoms with Crippen molar-refractivity contribution in [2.75, 3.05) is 52.9 Å². The molecule has 5 heteroatoms. The number of aliphatic hydroxyl groups is 1. The maximum Gasteiger partial charge on any atom is 0.123 e. The Bertz CT molecular complexity index is 488. The molecular formula is C18H28FN3O. The largest absolute Gasteiger partial charge is 0.387 e. The summed E-state index contributed by atoms with van der Waals surface area (Å²) < 4.78 is 13.0. The average molecular weight is 321 g/mol. The van der Waals surface area contributed by atoms with Crippen molar-refractivity contribution in [2.24, 2.45) is 0 Å². The van der Waals surface area contributed by atoms with Crippen LogP contribution in [-0.2, 0) is 0 Å². The third-order valence-corrected chi connectivity index (χ3v) is 5.21. The van der Waals surface area contributed by atoms with Crippen molar-refractivity contribution in [3.8, 4) is 0 Å². The van der Waals surface area contributed by atoms with Gasteiger partial charge in [0.1, 0.15) is 5.82 Å². The molecule has 4 nitrogen and oxygen atoms in total. The van der Waals surface area contributed by atoms with Crippen molar-refractivity contribution in [1.29, 1.82) is 0 Å². The van der Waals surface area contributed by atoms with E-state index in [1.165, 1.54) is 38.1 Å². The zero-order valence-electron chi connectivity index (χ0n) is 14.0. The summed E-state index contributed by atoms with van der Waals surface area (Å²) in [4.78, 5) is 7.35. The number of piperidine rings is 1. The Labute approximate surface area is 138 Å². The Morgan fingerprint density at radius 2 is 1.83 bits per heavy atom. The first kappa shape index (κ1) is 16.8. The lowest BCUT2D eigenvalue weighted by atomic mass is 10.0. The van der Waals surface area contributed by atoms with Gasteiger partial charge in [0.05, 0.1) is 6.10 Å². The Hall–Kier alpha value is -1.01. The molecule has 128 valence electrons. The van der Waals surface area contributed by atoms with Gasteiger partial charge in [-0.25, -0.2) is 4.39 Å². The lowest BCUT2D eigenvalue weighted by Gasteiger charge is -2.43. The molecule has 0 radical (unpaired) electrons. The number of likely N-dealkylation sites (N-methyl/N-ethyl adjacent to an activating group) is 1. The highest BCUT2D eigenvalue weighted by Gasteiger charge is 2.27. The molecule has 2 saturated heterocycles. The van der Waals surface area contributed by atoms with Crippen molar-refractivity contribution in [2.45, 2.75) is 25.0 Å². The van der Waals surface area contributed by atoms with Gasteiger partial charge in [-0.15, -0.1) is 0 Å². The van der Waals surface area contributed by atoms with Gasteiger partial charge in [-0.1, -0.05) is 12.1 Å². The fourth-order valence-corrected chi connectivity index (χ4v) is 3.78. The smallest absolute Gasteiger partial charge is 0.123 e. The molecule has 2 fully saturated rings. The van der Waals surface area contributed by atoms with Gasteiger partial charge in [-0.05, 0) is 44.1 Å². The Kier molecular flexibility index (Phi) is 5.64. The Balaban J connectivity index is 1.46. The molecule has 23 heavy (non-hydrogen) atoms. The molecule has 0 spiro atoms. The molecule has 3 rings (SSSR count). The minimum atomic E-state index is -0.539. The molecule has 0 amide bonds. The van der Waals surface area contributed by atoms with Gasteiger partial charge in [0.15, 0.2) is 0 Å². The van der Waals surface area contributed by atoms with E-state index in [1.54, 1.807) is 12.1 Å². The second-order valence-electron chi connectivity index (χ2n) is 6.96. The average Bonchev–Trinajstić information content (AvgIpc) is 2.56. The minimum Gasteiger partial charge on any atom is -0.387 e. The molecule has 2 aliphatic rings. The molecule has 0 aromatic heterocycles. The number of nitrogens with zero attached hydrogens (tertiary/aromatic N) is 3. The normalized spacial score (nSPS) is 26.3. The van der Waals surface area contributed by atoms with E-state index in [-0.39, 0.29) is 5.82 Å². The second-order valence-corrected chi connectivity index (χ2v) is 6.96. The van der Waals surface area contributed by atoms with Crippen molar-refractivity contribution in [1.82, 2.24) is 14.7 Å². The summed E-state index contributed by atoms with van der Waals surface area (Å²) in [5.41, 5.74) is 0.794. The zero-order valence-corrected chi connectivity index (χ0v) is 14.0. The summed E-state index contributed by atoms with van der Waals surface area (Å²) >= 11 is 0. The van der Waals surface area contributed by atoms with Gasteiger partial charge in [-0.2, -0.15) is 0 Å². The number of hydrogen-bond donors (Lipinski definition) is 1. The minimum absolute atomic E-state index is 0.257. The fourth-order valence-electron chi connectivity index (χ4n) is 3.78. The molecule has 1 aromatic rings. The predicted molar refractivity (Wildman–Crippen MR) is 89.9 cm³/mol. The van der Waals surface area contributed by atoms with Crippen molar-refractivity contribution in [3.05, 3.63) is 35.6 Å². The zero-order chi connectivity index (χ0) is 16.2. The van der Waals surface area contributed by atoms with Gasteiger partial charge < -0.3 is 10.0 Å². The number of likely N-dealkylation sites (tertiary alicyclic amines) is 1. The topological polar surface area (TPSA) is 30.0 Å².